The Morgan fingerprint density at radius 2 is 2.17 bits per heavy atom. The van der Waals surface area contributed by atoms with Gasteiger partial charge < -0.3 is 4.98 Å². The Bertz CT molecular complexity index is 625. The summed E-state index contributed by atoms with van der Waals surface area (Å²) < 4.78 is 13.9. The van der Waals surface area contributed by atoms with Gasteiger partial charge in [-0.3, -0.25) is 4.79 Å². The van der Waals surface area contributed by atoms with Gasteiger partial charge >= 0.3 is 0 Å². The van der Waals surface area contributed by atoms with Crippen LogP contribution in [-0.4, -0.2) is 9.97 Å². The Hall–Kier alpha value is -1.49. The summed E-state index contributed by atoms with van der Waals surface area (Å²) in [6.45, 7) is 2.01. The lowest BCUT2D eigenvalue weighted by molar-refractivity contribution is 0.628. The first kappa shape index (κ1) is 13.0. The molecule has 1 N–H and O–H groups in total. The lowest BCUT2D eigenvalue weighted by Gasteiger charge is -2.06. The van der Waals surface area contributed by atoms with Gasteiger partial charge in [0.15, 0.2) is 0 Å². The average Bonchev–Trinajstić information content (AvgIpc) is 2.32. The topological polar surface area (TPSA) is 45.8 Å². The van der Waals surface area contributed by atoms with Crippen molar-refractivity contribution in [2.24, 2.45) is 0 Å². The van der Waals surface area contributed by atoms with E-state index in [1.807, 2.05) is 6.92 Å². The molecule has 0 radical (unpaired) electrons. The van der Waals surface area contributed by atoms with Crippen molar-refractivity contribution in [2.45, 2.75) is 19.8 Å². The van der Waals surface area contributed by atoms with Crippen LogP contribution in [0.15, 0.2) is 33.5 Å². The zero-order valence-electron chi connectivity index (χ0n) is 9.84. The molecule has 18 heavy (non-hydrogen) atoms. The average molecular weight is 311 g/mol. The molecule has 0 aliphatic rings. The summed E-state index contributed by atoms with van der Waals surface area (Å²) in [7, 11) is 0. The second kappa shape index (κ2) is 5.44. The van der Waals surface area contributed by atoms with Gasteiger partial charge in [-0.1, -0.05) is 29.3 Å². The maximum absolute atomic E-state index is 13.2. The smallest absolute Gasteiger partial charge is 0.251 e. The van der Waals surface area contributed by atoms with Crippen LogP contribution < -0.4 is 5.56 Å². The minimum absolute atomic E-state index is 0.223. The van der Waals surface area contributed by atoms with Crippen LogP contribution in [0.4, 0.5) is 4.39 Å². The van der Waals surface area contributed by atoms with Crippen molar-refractivity contribution in [1.82, 2.24) is 9.97 Å². The molecule has 0 saturated carbocycles. The van der Waals surface area contributed by atoms with Gasteiger partial charge in [0.25, 0.3) is 5.56 Å². The third-order valence-corrected chi connectivity index (χ3v) is 3.18. The molecule has 0 aliphatic carbocycles. The molecule has 2 rings (SSSR count). The van der Waals surface area contributed by atoms with E-state index in [0.29, 0.717) is 21.6 Å². The maximum Gasteiger partial charge on any atom is 0.251 e. The standard InChI is InChI=1S/C13H12BrFN2O/c1-2-3-9-7-12(18)17-13(16-9)10-6-8(15)4-5-11(10)14/h4-7H,2-3H2,1H3,(H,16,17,18). The van der Waals surface area contributed by atoms with Gasteiger partial charge in [-0.2, -0.15) is 0 Å². The summed E-state index contributed by atoms with van der Waals surface area (Å²) in [6.07, 6.45) is 1.63. The number of hydrogen-bond acceptors (Lipinski definition) is 2. The van der Waals surface area contributed by atoms with Crippen LogP contribution in [0.2, 0.25) is 0 Å². The molecular formula is C13H12BrFN2O. The second-order valence-corrected chi connectivity index (χ2v) is 4.81. The summed E-state index contributed by atoms with van der Waals surface area (Å²) in [5.41, 5.74) is 1.04. The van der Waals surface area contributed by atoms with Gasteiger partial charge in [0, 0.05) is 21.8 Å². The lowest BCUT2D eigenvalue weighted by atomic mass is 10.2. The molecule has 3 nitrogen and oxygen atoms in total. The van der Waals surface area contributed by atoms with Crippen LogP contribution in [0.5, 0.6) is 0 Å². The van der Waals surface area contributed by atoms with E-state index in [1.165, 1.54) is 18.2 Å². The Morgan fingerprint density at radius 1 is 1.39 bits per heavy atom. The maximum atomic E-state index is 13.2. The molecule has 2 aromatic rings. The molecule has 0 spiro atoms. The van der Waals surface area contributed by atoms with Crippen molar-refractivity contribution in [3.05, 3.63) is 50.6 Å². The number of hydrogen-bond donors (Lipinski definition) is 1. The molecule has 1 heterocycles. The van der Waals surface area contributed by atoms with E-state index < -0.39 is 0 Å². The van der Waals surface area contributed by atoms with Crippen molar-refractivity contribution >= 4 is 15.9 Å². The number of H-pyrrole nitrogens is 1. The van der Waals surface area contributed by atoms with E-state index in [-0.39, 0.29) is 11.4 Å². The fraction of sp³-hybridized carbons (Fsp3) is 0.231. The molecule has 0 atom stereocenters. The summed E-state index contributed by atoms with van der Waals surface area (Å²) in [5.74, 6) is 0.0223. The molecule has 1 aromatic carbocycles. The summed E-state index contributed by atoms with van der Waals surface area (Å²) >= 11 is 3.33. The summed E-state index contributed by atoms with van der Waals surface area (Å²) in [6, 6.07) is 5.76. The minimum Gasteiger partial charge on any atom is -0.306 e. The number of aryl methyl sites for hydroxylation is 1. The third-order valence-electron chi connectivity index (χ3n) is 2.48. The highest BCUT2D eigenvalue weighted by atomic mass is 79.9. The third kappa shape index (κ3) is 2.85. The predicted octanol–water partition coefficient (Wildman–Crippen LogP) is 3.29. The molecule has 0 bridgehead atoms. The fourth-order valence-corrected chi connectivity index (χ4v) is 2.13. The van der Waals surface area contributed by atoms with Gasteiger partial charge in [0.2, 0.25) is 0 Å². The largest absolute Gasteiger partial charge is 0.306 e. The van der Waals surface area contributed by atoms with Gasteiger partial charge in [0.1, 0.15) is 11.6 Å². The number of aromatic nitrogens is 2. The minimum atomic E-state index is -0.364. The number of nitrogens with one attached hydrogen (secondary N) is 1. The highest BCUT2D eigenvalue weighted by Crippen LogP contribution is 2.25. The van der Waals surface area contributed by atoms with Crippen LogP contribution in [0.3, 0.4) is 0 Å². The van der Waals surface area contributed by atoms with Crippen molar-refractivity contribution in [3.8, 4) is 11.4 Å². The molecule has 94 valence electrons. The number of halogens is 2. The van der Waals surface area contributed by atoms with E-state index >= 15 is 0 Å². The van der Waals surface area contributed by atoms with E-state index in [1.54, 1.807) is 6.07 Å². The molecule has 0 fully saturated rings. The van der Waals surface area contributed by atoms with E-state index in [0.717, 1.165) is 12.8 Å². The number of rotatable bonds is 3. The van der Waals surface area contributed by atoms with Crippen LogP contribution in [-0.2, 0) is 6.42 Å². The molecule has 0 aliphatic heterocycles. The van der Waals surface area contributed by atoms with Gasteiger partial charge in [-0.05, 0) is 24.6 Å². The van der Waals surface area contributed by atoms with Crippen molar-refractivity contribution in [3.63, 3.8) is 0 Å². The Morgan fingerprint density at radius 3 is 2.89 bits per heavy atom. The molecule has 5 heteroatoms. The quantitative estimate of drug-likeness (QED) is 0.945. The monoisotopic (exact) mass is 310 g/mol. The molecular weight excluding hydrogens is 299 g/mol. The van der Waals surface area contributed by atoms with Crippen LogP contribution in [0.1, 0.15) is 19.0 Å². The zero-order valence-corrected chi connectivity index (χ0v) is 11.4. The fourth-order valence-electron chi connectivity index (χ4n) is 1.70. The van der Waals surface area contributed by atoms with Gasteiger partial charge in [-0.15, -0.1) is 0 Å². The van der Waals surface area contributed by atoms with E-state index in [2.05, 4.69) is 25.9 Å². The Labute approximate surface area is 112 Å². The summed E-state index contributed by atoms with van der Waals surface area (Å²) in [5, 5.41) is 0. The zero-order chi connectivity index (χ0) is 13.1. The van der Waals surface area contributed by atoms with Crippen molar-refractivity contribution < 1.29 is 4.39 Å². The predicted molar refractivity (Wildman–Crippen MR) is 71.9 cm³/mol. The highest BCUT2D eigenvalue weighted by Gasteiger charge is 2.08. The second-order valence-electron chi connectivity index (χ2n) is 3.96. The Kier molecular flexibility index (Phi) is 3.91. The van der Waals surface area contributed by atoms with Crippen LogP contribution in [0, 0.1) is 5.82 Å². The lowest BCUT2D eigenvalue weighted by Crippen LogP contribution is -2.10. The van der Waals surface area contributed by atoms with Crippen molar-refractivity contribution in [1.29, 1.82) is 0 Å². The van der Waals surface area contributed by atoms with E-state index in [4.69, 9.17) is 0 Å². The molecule has 1 aromatic heterocycles. The molecule has 0 amide bonds. The first-order chi connectivity index (χ1) is 8.60. The van der Waals surface area contributed by atoms with Gasteiger partial charge in [-0.25, -0.2) is 9.37 Å². The number of aromatic amines is 1. The highest BCUT2D eigenvalue weighted by molar-refractivity contribution is 9.10. The van der Waals surface area contributed by atoms with Gasteiger partial charge in [0.05, 0.1) is 0 Å². The molecule has 0 saturated heterocycles. The normalized spacial score (nSPS) is 10.6. The first-order valence-electron chi connectivity index (χ1n) is 5.66. The Balaban J connectivity index is 2.56. The molecule has 0 unspecified atom stereocenters. The van der Waals surface area contributed by atoms with Crippen LogP contribution >= 0.6 is 15.9 Å². The number of benzene rings is 1. The number of nitrogens with zero attached hydrogens (tertiary/aromatic N) is 1. The van der Waals surface area contributed by atoms with E-state index in [9.17, 15) is 9.18 Å². The SMILES string of the molecule is CCCc1cc(=O)[nH]c(-c2cc(F)ccc2Br)n1. The van der Waals surface area contributed by atoms with Crippen molar-refractivity contribution in [2.75, 3.05) is 0 Å². The summed E-state index contributed by atoms with van der Waals surface area (Å²) in [4.78, 5) is 18.5. The first-order valence-corrected chi connectivity index (χ1v) is 6.45. The van der Waals surface area contributed by atoms with Crippen LogP contribution in [0.25, 0.3) is 11.4 Å².